The molecule has 2 N–H and O–H groups in total. The summed E-state index contributed by atoms with van der Waals surface area (Å²) in [5.41, 5.74) is 6.09. The maximum absolute atomic E-state index is 13.3. The van der Waals surface area contributed by atoms with E-state index in [0.29, 0.717) is 5.56 Å². The van der Waals surface area contributed by atoms with Crippen LogP contribution >= 0.6 is 12.4 Å². The number of nitrogens with two attached hydrogens (primary N) is 1. The normalized spacial score (nSPS) is 11.5. The van der Waals surface area contributed by atoms with Crippen molar-refractivity contribution in [2.45, 2.75) is 13.0 Å². The Hall–Kier alpha value is -1.13. The van der Waals surface area contributed by atoms with Crippen molar-refractivity contribution in [2.75, 3.05) is 7.11 Å². The smallest absolute Gasteiger partial charge is 0.337 e. The second kappa shape index (κ2) is 5.68. The summed E-state index contributed by atoms with van der Waals surface area (Å²) in [4.78, 5) is 11.0. The predicted octanol–water partition coefficient (Wildman–Crippen LogP) is 2.05. The van der Waals surface area contributed by atoms with E-state index < -0.39 is 11.8 Å². The Morgan fingerprint density at radius 3 is 2.53 bits per heavy atom. The molecule has 0 bridgehead atoms. The number of halogens is 2. The van der Waals surface area contributed by atoms with Crippen LogP contribution < -0.4 is 5.73 Å². The molecule has 0 radical (unpaired) electrons. The number of ether oxygens (including phenoxy) is 1. The van der Waals surface area contributed by atoms with Gasteiger partial charge >= 0.3 is 5.97 Å². The Labute approximate surface area is 93.8 Å². The lowest BCUT2D eigenvalue weighted by molar-refractivity contribution is 0.0600. The second-order valence-corrected chi connectivity index (χ2v) is 3.02. The summed E-state index contributed by atoms with van der Waals surface area (Å²) in [6, 6.07) is 3.73. The van der Waals surface area contributed by atoms with Gasteiger partial charge in [-0.05, 0) is 19.1 Å². The molecule has 0 saturated carbocycles. The van der Waals surface area contributed by atoms with Crippen LogP contribution in [-0.2, 0) is 4.74 Å². The van der Waals surface area contributed by atoms with Gasteiger partial charge in [-0.25, -0.2) is 9.18 Å². The lowest BCUT2D eigenvalue weighted by Gasteiger charge is -2.07. The molecular weight excluding hydrogens is 221 g/mol. The molecule has 0 amide bonds. The minimum absolute atomic E-state index is 0. The predicted molar refractivity (Wildman–Crippen MR) is 57.6 cm³/mol. The van der Waals surface area contributed by atoms with Gasteiger partial charge in [0, 0.05) is 11.6 Å². The Balaban J connectivity index is 0.00000196. The quantitative estimate of drug-likeness (QED) is 0.796. The standard InChI is InChI=1S/C10H12FNO2.ClH/c1-6(12)8-4-3-7(5-9(8)11)10(13)14-2;/h3-6H,12H2,1-2H3;1H/t6-;/m0./s1. The SMILES string of the molecule is COC(=O)c1ccc([C@H](C)N)c(F)c1.Cl. The van der Waals surface area contributed by atoms with E-state index in [1.807, 2.05) is 0 Å². The molecule has 3 nitrogen and oxygen atoms in total. The maximum atomic E-state index is 13.3. The van der Waals surface area contributed by atoms with E-state index in [4.69, 9.17) is 5.73 Å². The second-order valence-electron chi connectivity index (χ2n) is 3.02. The average Bonchev–Trinajstić information content (AvgIpc) is 2.15. The van der Waals surface area contributed by atoms with Crippen molar-refractivity contribution in [3.63, 3.8) is 0 Å². The number of benzene rings is 1. The van der Waals surface area contributed by atoms with E-state index in [2.05, 4.69) is 4.74 Å². The molecule has 0 aliphatic heterocycles. The molecule has 1 aromatic rings. The van der Waals surface area contributed by atoms with Gasteiger partial charge in [-0.15, -0.1) is 12.4 Å². The maximum Gasteiger partial charge on any atom is 0.337 e. The first kappa shape index (κ1) is 13.9. The van der Waals surface area contributed by atoms with E-state index in [0.717, 1.165) is 6.07 Å². The topological polar surface area (TPSA) is 52.3 Å². The van der Waals surface area contributed by atoms with Crippen molar-refractivity contribution < 1.29 is 13.9 Å². The monoisotopic (exact) mass is 233 g/mol. The summed E-state index contributed by atoms with van der Waals surface area (Å²) in [5.74, 6) is -1.04. The summed E-state index contributed by atoms with van der Waals surface area (Å²) in [6.07, 6.45) is 0. The van der Waals surface area contributed by atoms with Crippen molar-refractivity contribution in [1.82, 2.24) is 0 Å². The van der Waals surface area contributed by atoms with Gasteiger partial charge in [-0.3, -0.25) is 0 Å². The van der Waals surface area contributed by atoms with Crippen LogP contribution in [0, 0.1) is 5.82 Å². The molecule has 0 aliphatic rings. The van der Waals surface area contributed by atoms with Crippen LogP contribution in [0.3, 0.4) is 0 Å². The lowest BCUT2D eigenvalue weighted by Crippen LogP contribution is -2.09. The van der Waals surface area contributed by atoms with Crippen LogP contribution in [0.25, 0.3) is 0 Å². The molecule has 15 heavy (non-hydrogen) atoms. The molecule has 0 saturated heterocycles. The summed E-state index contributed by atoms with van der Waals surface area (Å²) < 4.78 is 17.8. The lowest BCUT2D eigenvalue weighted by atomic mass is 10.1. The third kappa shape index (κ3) is 3.18. The summed E-state index contributed by atoms with van der Waals surface area (Å²) in [5, 5.41) is 0. The van der Waals surface area contributed by atoms with Crippen LogP contribution in [-0.4, -0.2) is 13.1 Å². The zero-order valence-electron chi connectivity index (χ0n) is 8.49. The van der Waals surface area contributed by atoms with Gasteiger partial charge in [0.1, 0.15) is 5.82 Å². The van der Waals surface area contributed by atoms with E-state index in [1.54, 1.807) is 6.92 Å². The highest BCUT2D eigenvalue weighted by Crippen LogP contribution is 2.16. The molecule has 0 unspecified atom stereocenters. The molecule has 0 aliphatic carbocycles. The molecule has 0 fully saturated rings. The first-order chi connectivity index (χ1) is 6.56. The fourth-order valence-electron chi connectivity index (χ4n) is 1.14. The third-order valence-electron chi connectivity index (χ3n) is 1.91. The minimum atomic E-state index is -0.555. The first-order valence-corrected chi connectivity index (χ1v) is 4.19. The van der Waals surface area contributed by atoms with Gasteiger partial charge < -0.3 is 10.5 Å². The van der Waals surface area contributed by atoms with Crippen LogP contribution in [0.2, 0.25) is 0 Å². The zero-order chi connectivity index (χ0) is 10.7. The first-order valence-electron chi connectivity index (χ1n) is 4.19. The third-order valence-corrected chi connectivity index (χ3v) is 1.91. The molecule has 0 heterocycles. The van der Waals surface area contributed by atoms with Crippen molar-refractivity contribution in [1.29, 1.82) is 0 Å². The summed E-state index contributed by atoms with van der Waals surface area (Å²) >= 11 is 0. The van der Waals surface area contributed by atoms with Crippen molar-refractivity contribution in [2.24, 2.45) is 5.73 Å². The van der Waals surface area contributed by atoms with Crippen LogP contribution in [0.15, 0.2) is 18.2 Å². The number of methoxy groups -OCH3 is 1. The minimum Gasteiger partial charge on any atom is -0.465 e. The highest BCUT2D eigenvalue weighted by atomic mass is 35.5. The van der Waals surface area contributed by atoms with Gasteiger partial charge in [0.2, 0.25) is 0 Å². The molecule has 1 aromatic carbocycles. The number of rotatable bonds is 2. The van der Waals surface area contributed by atoms with E-state index in [9.17, 15) is 9.18 Å². The Bertz CT molecular complexity index is 355. The fraction of sp³-hybridized carbons (Fsp3) is 0.300. The summed E-state index contributed by atoms with van der Waals surface area (Å²) in [6.45, 7) is 1.68. The van der Waals surface area contributed by atoms with Gasteiger partial charge in [0.25, 0.3) is 0 Å². The molecule has 0 aromatic heterocycles. The van der Waals surface area contributed by atoms with Crippen LogP contribution in [0.4, 0.5) is 4.39 Å². The molecular formula is C10H13ClFNO2. The molecule has 1 rings (SSSR count). The van der Waals surface area contributed by atoms with Crippen molar-refractivity contribution in [3.8, 4) is 0 Å². The molecule has 84 valence electrons. The van der Waals surface area contributed by atoms with Crippen LogP contribution in [0.1, 0.15) is 28.9 Å². The summed E-state index contributed by atoms with van der Waals surface area (Å²) in [7, 11) is 1.25. The molecule has 5 heteroatoms. The number of carbonyl (C=O) groups excluding carboxylic acids is 1. The van der Waals surface area contributed by atoms with Gasteiger partial charge in [-0.1, -0.05) is 6.07 Å². The zero-order valence-corrected chi connectivity index (χ0v) is 9.31. The van der Waals surface area contributed by atoms with E-state index >= 15 is 0 Å². The van der Waals surface area contributed by atoms with E-state index in [-0.39, 0.29) is 24.0 Å². The highest BCUT2D eigenvalue weighted by Gasteiger charge is 2.11. The van der Waals surface area contributed by atoms with Crippen molar-refractivity contribution >= 4 is 18.4 Å². The highest BCUT2D eigenvalue weighted by molar-refractivity contribution is 5.89. The Morgan fingerprint density at radius 1 is 1.53 bits per heavy atom. The fourth-order valence-corrected chi connectivity index (χ4v) is 1.14. The number of carbonyl (C=O) groups is 1. The Kier molecular flexibility index (Phi) is 5.25. The van der Waals surface area contributed by atoms with E-state index in [1.165, 1.54) is 19.2 Å². The average molecular weight is 234 g/mol. The van der Waals surface area contributed by atoms with Crippen LogP contribution in [0.5, 0.6) is 0 Å². The molecule has 0 spiro atoms. The Morgan fingerprint density at radius 2 is 2.13 bits per heavy atom. The van der Waals surface area contributed by atoms with Gasteiger partial charge in [-0.2, -0.15) is 0 Å². The molecule has 1 atom stereocenters. The van der Waals surface area contributed by atoms with Gasteiger partial charge in [0.05, 0.1) is 12.7 Å². The largest absolute Gasteiger partial charge is 0.465 e. The number of hydrogen-bond donors (Lipinski definition) is 1. The van der Waals surface area contributed by atoms with Crippen molar-refractivity contribution in [3.05, 3.63) is 35.1 Å². The number of hydrogen-bond acceptors (Lipinski definition) is 3. The van der Waals surface area contributed by atoms with Gasteiger partial charge in [0.15, 0.2) is 0 Å². The number of esters is 1.